The molecule has 146 valence electrons. The molecule has 1 amide bonds. The molecule has 0 aromatic carbocycles. The third-order valence-electron chi connectivity index (χ3n) is 3.76. The molecule has 0 aliphatic heterocycles. The molecule has 0 aliphatic rings. The summed E-state index contributed by atoms with van der Waals surface area (Å²) in [6.45, 7) is 3.67. The van der Waals surface area contributed by atoms with E-state index < -0.39 is 29.6 Å². The highest BCUT2D eigenvalue weighted by molar-refractivity contribution is 5.81. The Balaban J connectivity index is 2.13. The third kappa shape index (κ3) is 5.72. The van der Waals surface area contributed by atoms with Gasteiger partial charge < -0.3 is 11.1 Å². The number of nitrogens with two attached hydrogens (primary N) is 1. The van der Waals surface area contributed by atoms with E-state index in [9.17, 15) is 22.4 Å². The molecule has 0 radical (unpaired) electrons. The van der Waals surface area contributed by atoms with E-state index in [4.69, 9.17) is 5.73 Å². The first kappa shape index (κ1) is 20.8. The van der Waals surface area contributed by atoms with Crippen molar-refractivity contribution in [3.8, 4) is 11.3 Å². The molecule has 2 heterocycles. The van der Waals surface area contributed by atoms with Crippen LogP contribution in [0.1, 0.15) is 31.7 Å². The van der Waals surface area contributed by atoms with Gasteiger partial charge in [-0.05, 0) is 36.6 Å². The topological polar surface area (TPSA) is 80.9 Å². The van der Waals surface area contributed by atoms with Crippen LogP contribution in [0.2, 0.25) is 0 Å². The normalized spacial score (nSPS) is 12.9. The van der Waals surface area contributed by atoms with E-state index in [1.165, 1.54) is 12.1 Å². The van der Waals surface area contributed by atoms with Gasteiger partial charge in [-0.15, -0.1) is 0 Å². The van der Waals surface area contributed by atoms with Crippen LogP contribution >= 0.6 is 0 Å². The number of rotatable bonds is 6. The van der Waals surface area contributed by atoms with E-state index in [-0.39, 0.29) is 23.9 Å². The van der Waals surface area contributed by atoms with Gasteiger partial charge in [0, 0.05) is 11.8 Å². The van der Waals surface area contributed by atoms with Crippen molar-refractivity contribution in [3.05, 3.63) is 47.7 Å². The van der Waals surface area contributed by atoms with Gasteiger partial charge in [-0.2, -0.15) is 13.2 Å². The molecule has 3 N–H and O–H groups in total. The van der Waals surface area contributed by atoms with Crippen molar-refractivity contribution in [2.75, 3.05) is 0 Å². The summed E-state index contributed by atoms with van der Waals surface area (Å²) >= 11 is 0. The molecule has 0 bridgehead atoms. The van der Waals surface area contributed by atoms with Crippen LogP contribution in [0, 0.1) is 11.7 Å². The second-order valence-electron chi connectivity index (χ2n) is 6.51. The second-order valence-corrected chi connectivity index (χ2v) is 6.51. The van der Waals surface area contributed by atoms with Gasteiger partial charge in [-0.1, -0.05) is 13.8 Å². The fourth-order valence-corrected chi connectivity index (χ4v) is 2.40. The molecule has 0 unspecified atom stereocenters. The van der Waals surface area contributed by atoms with Crippen LogP contribution in [0.5, 0.6) is 0 Å². The van der Waals surface area contributed by atoms with Crippen LogP contribution in [-0.4, -0.2) is 21.9 Å². The lowest BCUT2D eigenvalue weighted by Gasteiger charge is -2.14. The minimum atomic E-state index is -4.54. The van der Waals surface area contributed by atoms with Crippen molar-refractivity contribution in [2.45, 2.75) is 39.0 Å². The van der Waals surface area contributed by atoms with Gasteiger partial charge in [0.05, 0.1) is 24.0 Å². The molecule has 0 spiro atoms. The SMILES string of the molecule is CC(C)C[C@H](N)C(=O)NCc1nc(-c2ccc(C(F)(F)F)nc2)ccc1F. The van der Waals surface area contributed by atoms with E-state index in [1.54, 1.807) is 0 Å². The average molecular weight is 384 g/mol. The highest BCUT2D eigenvalue weighted by Gasteiger charge is 2.32. The number of carbonyl (C=O) groups is 1. The smallest absolute Gasteiger partial charge is 0.349 e. The minimum Gasteiger partial charge on any atom is -0.349 e. The van der Waals surface area contributed by atoms with E-state index in [0.29, 0.717) is 12.0 Å². The van der Waals surface area contributed by atoms with Crippen LogP contribution < -0.4 is 11.1 Å². The van der Waals surface area contributed by atoms with Crippen molar-refractivity contribution < 1.29 is 22.4 Å². The summed E-state index contributed by atoms with van der Waals surface area (Å²) in [6.07, 6.45) is -3.04. The Kier molecular flexibility index (Phi) is 6.48. The maximum Gasteiger partial charge on any atom is 0.433 e. The summed E-state index contributed by atoms with van der Waals surface area (Å²) in [6, 6.07) is 3.78. The lowest BCUT2D eigenvalue weighted by molar-refractivity contribution is -0.141. The number of carbonyl (C=O) groups excluding carboxylic acids is 1. The Hall–Kier alpha value is -2.55. The number of aromatic nitrogens is 2. The van der Waals surface area contributed by atoms with Crippen LogP contribution in [0.3, 0.4) is 0 Å². The van der Waals surface area contributed by atoms with Crippen molar-refractivity contribution in [1.82, 2.24) is 15.3 Å². The molecule has 0 saturated heterocycles. The summed E-state index contributed by atoms with van der Waals surface area (Å²) < 4.78 is 51.7. The van der Waals surface area contributed by atoms with Crippen molar-refractivity contribution in [2.24, 2.45) is 11.7 Å². The minimum absolute atomic E-state index is 0.0440. The molecule has 2 aromatic rings. The largest absolute Gasteiger partial charge is 0.433 e. The van der Waals surface area contributed by atoms with Gasteiger partial charge in [0.2, 0.25) is 5.91 Å². The highest BCUT2D eigenvalue weighted by Crippen LogP contribution is 2.28. The van der Waals surface area contributed by atoms with Gasteiger partial charge in [0.25, 0.3) is 0 Å². The Bertz CT molecular complexity index is 791. The molecule has 2 aromatic heterocycles. The van der Waals surface area contributed by atoms with Gasteiger partial charge in [-0.3, -0.25) is 9.78 Å². The van der Waals surface area contributed by atoms with Crippen LogP contribution in [0.25, 0.3) is 11.3 Å². The molecule has 5 nitrogen and oxygen atoms in total. The number of pyridine rings is 2. The number of nitrogens with one attached hydrogen (secondary N) is 1. The molecule has 0 saturated carbocycles. The zero-order valence-electron chi connectivity index (χ0n) is 14.8. The third-order valence-corrected chi connectivity index (χ3v) is 3.76. The number of alkyl halides is 3. The maximum atomic E-state index is 14.0. The molecular weight excluding hydrogens is 364 g/mol. The molecule has 2 rings (SSSR count). The number of nitrogens with zero attached hydrogens (tertiary/aromatic N) is 2. The second kappa shape index (κ2) is 8.43. The predicted octanol–water partition coefficient (Wildman–Crippen LogP) is 3.29. The zero-order chi connectivity index (χ0) is 20.2. The molecule has 1 atom stereocenters. The van der Waals surface area contributed by atoms with Gasteiger partial charge in [0.15, 0.2) is 0 Å². The number of hydrogen-bond acceptors (Lipinski definition) is 4. The highest BCUT2D eigenvalue weighted by atomic mass is 19.4. The molecule has 9 heteroatoms. The Morgan fingerprint density at radius 3 is 2.48 bits per heavy atom. The quantitative estimate of drug-likeness (QED) is 0.749. The summed E-state index contributed by atoms with van der Waals surface area (Å²) in [5.74, 6) is -0.834. The maximum absolute atomic E-state index is 14.0. The molecular formula is C18H20F4N4O. The van der Waals surface area contributed by atoms with E-state index in [2.05, 4.69) is 15.3 Å². The zero-order valence-corrected chi connectivity index (χ0v) is 14.8. The van der Waals surface area contributed by atoms with Crippen LogP contribution in [0.15, 0.2) is 30.5 Å². The Morgan fingerprint density at radius 1 is 1.22 bits per heavy atom. The Morgan fingerprint density at radius 2 is 1.93 bits per heavy atom. The predicted molar refractivity (Wildman–Crippen MR) is 91.7 cm³/mol. The van der Waals surface area contributed by atoms with E-state index in [1.807, 2.05) is 13.8 Å². The van der Waals surface area contributed by atoms with Gasteiger partial charge >= 0.3 is 6.18 Å². The van der Waals surface area contributed by atoms with E-state index in [0.717, 1.165) is 18.3 Å². The molecule has 0 aliphatic carbocycles. The van der Waals surface area contributed by atoms with Crippen LogP contribution in [0.4, 0.5) is 17.6 Å². The monoisotopic (exact) mass is 384 g/mol. The van der Waals surface area contributed by atoms with Gasteiger partial charge in [0.1, 0.15) is 11.5 Å². The van der Waals surface area contributed by atoms with Crippen molar-refractivity contribution in [1.29, 1.82) is 0 Å². The van der Waals surface area contributed by atoms with E-state index >= 15 is 0 Å². The summed E-state index contributed by atoms with van der Waals surface area (Å²) in [7, 11) is 0. The number of hydrogen-bond donors (Lipinski definition) is 2. The fourth-order valence-electron chi connectivity index (χ4n) is 2.40. The molecule has 27 heavy (non-hydrogen) atoms. The number of amides is 1. The first-order valence-electron chi connectivity index (χ1n) is 8.30. The number of halogens is 4. The summed E-state index contributed by atoms with van der Waals surface area (Å²) in [5.41, 5.74) is 5.23. The summed E-state index contributed by atoms with van der Waals surface area (Å²) in [5, 5.41) is 2.52. The first-order chi connectivity index (χ1) is 12.6. The fraction of sp³-hybridized carbons (Fsp3) is 0.389. The summed E-state index contributed by atoms with van der Waals surface area (Å²) in [4.78, 5) is 19.4. The first-order valence-corrected chi connectivity index (χ1v) is 8.30. The van der Waals surface area contributed by atoms with Crippen LogP contribution in [-0.2, 0) is 17.5 Å². The van der Waals surface area contributed by atoms with Crippen molar-refractivity contribution >= 4 is 5.91 Å². The van der Waals surface area contributed by atoms with Gasteiger partial charge in [-0.25, -0.2) is 9.37 Å². The van der Waals surface area contributed by atoms with Crippen molar-refractivity contribution in [3.63, 3.8) is 0 Å². The lowest BCUT2D eigenvalue weighted by atomic mass is 10.0. The average Bonchev–Trinajstić information content (AvgIpc) is 2.59. The Labute approximate surface area is 154 Å². The molecule has 0 fully saturated rings. The standard InChI is InChI=1S/C18H20F4N4O/c1-10(2)7-13(23)17(27)25-9-15-12(19)4-5-14(26-15)11-3-6-16(24-8-11)18(20,21)22/h3-6,8,10,13H,7,9,23H2,1-2H3,(H,25,27)/t13-/m0/s1. The lowest BCUT2D eigenvalue weighted by Crippen LogP contribution is -2.41.